The molecule has 0 N–H and O–H groups in total. The maximum Gasteiger partial charge on any atom is 0.232 e. The number of carbonyl (C=O) groups is 1. The Hall–Kier alpha value is -2.93. The third-order valence-electron chi connectivity index (χ3n) is 5.07. The molecule has 0 saturated carbocycles. The summed E-state index contributed by atoms with van der Waals surface area (Å²) in [5.74, 6) is 0.517. The van der Waals surface area contributed by atoms with E-state index >= 15 is 0 Å². The summed E-state index contributed by atoms with van der Waals surface area (Å²) in [5, 5.41) is 5.32. The standard InChI is InChI=1S/C21H22ClN5O2/c1-2-27-19-7-10-26(21(28)11-15-5-3-4-6-17(15)22)13-16(19)18(25-27)14-29-20-12-23-8-9-24-20/h3-6,8-9,12H,2,7,10-11,13-14H2,1H3. The van der Waals surface area contributed by atoms with Crippen molar-refractivity contribution in [2.45, 2.75) is 39.5 Å². The summed E-state index contributed by atoms with van der Waals surface area (Å²) in [4.78, 5) is 22.9. The number of hydrogen-bond donors (Lipinski definition) is 0. The van der Waals surface area contributed by atoms with E-state index in [1.54, 1.807) is 18.6 Å². The van der Waals surface area contributed by atoms with Crippen molar-refractivity contribution in [3.05, 3.63) is 70.4 Å². The van der Waals surface area contributed by atoms with Crippen molar-refractivity contribution in [3.8, 4) is 5.88 Å². The number of rotatable bonds is 6. The van der Waals surface area contributed by atoms with Gasteiger partial charge in [-0.05, 0) is 18.6 Å². The number of ether oxygens (including phenoxy) is 1. The first-order chi connectivity index (χ1) is 14.2. The molecule has 0 atom stereocenters. The highest BCUT2D eigenvalue weighted by Crippen LogP contribution is 2.25. The average Bonchev–Trinajstić information content (AvgIpc) is 3.11. The lowest BCUT2D eigenvalue weighted by Gasteiger charge is -2.28. The summed E-state index contributed by atoms with van der Waals surface area (Å²) in [5.41, 5.74) is 3.92. The molecule has 1 aliphatic heterocycles. The molecule has 3 heterocycles. The molecular formula is C21H22ClN5O2. The van der Waals surface area contributed by atoms with E-state index in [9.17, 15) is 4.79 Å². The fourth-order valence-corrected chi connectivity index (χ4v) is 3.77. The van der Waals surface area contributed by atoms with Crippen LogP contribution in [0.5, 0.6) is 5.88 Å². The predicted octanol–water partition coefficient (Wildman–Crippen LogP) is 3.05. The fourth-order valence-electron chi connectivity index (χ4n) is 3.57. The van der Waals surface area contributed by atoms with Gasteiger partial charge in [0.25, 0.3) is 0 Å². The van der Waals surface area contributed by atoms with Crippen LogP contribution in [0.4, 0.5) is 0 Å². The topological polar surface area (TPSA) is 73.1 Å². The summed E-state index contributed by atoms with van der Waals surface area (Å²) in [7, 11) is 0. The van der Waals surface area contributed by atoms with Crippen LogP contribution in [0.15, 0.2) is 42.9 Å². The van der Waals surface area contributed by atoms with E-state index in [0.717, 1.165) is 29.8 Å². The fraction of sp³-hybridized carbons (Fsp3) is 0.333. The van der Waals surface area contributed by atoms with E-state index in [1.807, 2.05) is 33.8 Å². The predicted molar refractivity (Wildman–Crippen MR) is 109 cm³/mol. The number of aromatic nitrogens is 4. The molecule has 0 radical (unpaired) electrons. The number of benzene rings is 1. The van der Waals surface area contributed by atoms with Crippen LogP contribution in [0.2, 0.25) is 5.02 Å². The first kappa shape index (κ1) is 19.4. The van der Waals surface area contributed by atoms with Gasteiger partial charge < -0.3 is 9.64 Å². The Morgan fingerprint density at radius 1 is 1.28 bits per heavy atom. The van der Waals surface area contributed by atoms with E-state index in [1.165, 1.54) is 5.69 Å². The molecule has 0 saturated heterocycles. The van der Waals surface area contributed by atoms with Crippen molar-refractivity contribution < 1.29 is 9.53 Å². The number of nitrogens with zero attached hydrogens (tertiary/aromatic N) is 5. The van der Waals surface area contributed by atoms with Gasteiger partial charge in [0.15, 0.2) is 0 Å². The zero-order chi connectivity index (χ0) is 20.2. The number of amides is 1. The van der Waals surface area contributed by atoms with Crippen molar-refractivity contribution in [2.75, 3.05) is 6.54 Å². The molecular weight excluding hydrogens is 390 g/mol. The van der Waals surface area contributed by atoms with Gasteiger partial charge in [-0.2, -0.15) is 5.10 Å². The molecule has 1 amide bonds. The Balaban J connectivity index is 1.50. The molecule has 1 aliphatic rings. The van der Waals surface area contributed by atoms with Crippen LogP contribution >= 0.6 is 11.6 Å². The van der Waals surface area contributed by atoms with E-state index in [-0.39, 0.29) is 5.91 Å². The van der Waals surface area contributed by atoms with Gasteiger partial charge in [0.2, 0.25) is 11.8 Å². The molecule has 29 heavy (non-hydrogen) atoms. The van der Waals surface area contributed by atoms with Crippen molar-refractivity contribution in [2.24, 2.45) is 0 Å². The Kier molecular flexibility index (Phi) is 5.76. The normalized spacial score (nSPS) is 13.2. The van der Waals surface area contributed by atoms with Crippen LogP contribution in [0.25, 0.3) is 0 Å². The third kappa shape index (κ3) is 4.24. The minimum absolute atomic E-state index is 0.0637. The molecule has 0 aliphatic carbocycles. The Morgan fingerprint density at radius 2 is 2.14 bits per heavy atom. The molecule has 1 aromatic carbocycles. The van der Waals surface area contributed by atoms with Crippen LogP contribution in [0, 0.1) is 0 Å². The second-order valence-corrected chi connectivity index (χ2v) is 7.26. The quantitative estimate of drug-likeness (QED) is 0.623. The highest BCUT2D eigenvalue weighted by Gasteiger charge is 2.27. The van der Waals surface area contributed by atoms with Crippen LogP contribution < -0.4 is 4.74 Å². The van der Waals surface area contributed by atoms with Gasteiger partial charge in [-0.25, -0.2) is 4.98 Å². The number of carbonyl (C=O) groups excluding carboxylic acids is 1. The number of fused-ring (bicyclic) bond motifs is 1. The largest absolute Gasteiger partial charge is 0.470 e. The zero-order valence-electron chi connectivity index (χ0n) is 16.2. The second kappa shape index (κ2) is 8.61. The molecule has 0 unspecified atom stereocenters. The summed E-state index contributed by atoms with van der Waals surface area (Å²) >= 11 is 6.22. The molecule has 8 heteroatoms. The number of hydrogen-bond acceptors (Lipinski definition) is 5. The van der Waals surface area contributed by atoms with Gasteiger partial charge in [-0.1, -0.05) is 29.8 Å². The highest BCUT2D eigenvalue weighted by atomic mass is 35.5. The first-order valence-corrected chi connectivity index (χ1v) is 10.0. The van der Waals surface area contributed by atoms with E-state index in [2.05, 4.69) is 16.9 Å². The molecule has 0 spiro atoms. The van der Waals surface area contributed by atoms with Crippen LogP contribution in [0.3, 0.4) is 0 Å². The average molecular weight is 412 g/mol. The van der Waals surface area contributed by atoms with Crippen LogP contribution in [-0.2, 0) is 37.3 Å². The highest BCUT2D eigenvalue weighted by molar-refractivity contribution is 6.31. The lowest BCUT2D eigenvalue weighted by atomic mass is 10.0. The summed E-state index contributed by atoms with van der Waals surface area (Å²) < 4.78 is 7.75. The molecule has 7 nitrogen and oxygen atoms in total. The molecule has 4 rings (SSSR count). The SMILES string of the molecule is CCn1nc(COc2cnccn2)c2c1CCN(C(=O)Cc1ccccc1Cl)C2. The van der Waals surface area contributed by atoms with Crippen molar-refractivity contribution in [3.63, 3.8) is 0 Å². The number of aryl methyl sites for hydroxylation is 1. The number of halogens is 1. The van der Waals surface area contributed by atoms with Gasteiger partial charge in [0.05, 0.1) is 12.6 Å². The third-order valence-corrected chi connectivity index (χ3v) is 5.43. The maximum atomic E-state index is 12.9. The zero-order valence-corrected chi connectivity index (χ0v) is 17.0. The Morgan fingerprint density at radius 3 is 2.90 bits per heavy atom. The van der Waals surface area contributed by atoms with Crippen molar-refractivity contribution in [1.82, 2.24) is 24.6 Å². The summed E-state index contributed by atoms with van der Waals surface area (Å²) in [6.45, 7) is 4.33. The van der Waals surface area contributed by atoms with Crippen molar-refractivity contribution >= 4 is 17.5 Å². The molecule has 3 aromatic rings. The monoisotopic (exact) mass is 411 g/mol. The van der Waals surface area contributed by atoms with E-state index in [0.29, 0.717) is 37.0 Å². The lowest BCUT2D eigenvalue weighted by molar-refractivity contribution is -0.131. The van der Waals surface area contributed by atoms with Crippen LogP contribution in [0.1, 0.15) is 29.4 Å². The van der Waals surface area contributed by atoms with Gasteiger partial charge in [0, 0.05) is 54.7 Å². The maximum absolute atomic E-state index is 12.9. The second-order valence-electron chi connectivity index (χ2n) is 6.85. The Labute approximate surface area is 174 Å². The minimum Gasteiger partial charge on any atom is -0.470 e. The first-order valence-electron chi connectivity index (χ1n) is 9.63. The minimum atomic E-state index is 0.0637. The van der Waals surface area contributed by atoms with Gasteiger partial charge in [-0.3, -0.25) is 14.5 Å². The van der Waals surface area contributed by atoms with Crippen molar-refractivity contribution in [1.29, 1.82) is 0 Å². The molecule has 0 bridgehead atoms. The Bertz CT molecular complexity index is 1010. The lowest BCUT2D eigenvalue weighted by Crippen LogP contribution is -2.37. The van der Waals surface area contributed by atoms with Gasteiger partial charge >= 0.3 is 0 Å². The van der Waals surface area contributed by atoms with E-state index in [4.69, 9.17) is 21.4 Å². The smallest absolute Gasteiger partial charge is 0.232 e. The molecule has 2 aromatic heterocycles. The summed E-state index contributed by atoms with van der Waals surface area (Å²) in [6, 6.07) is 7.47. The summed E-state index contributed by atoms with van der Waals surface area (Å²) in [6.07, 6.45) is 5.83. The van der Waals surface area contributed by atoms with Gasteiger partial charge in [-0.15, -0.1) is 0 Å². The van der Waals surface area contributed by atoms with Crippen LogP contribution in [-0.4, -0.2) is 37.1 Å². The van der Waals surface area contributed by atoms with E-state index < -0.39 is 0 Å². The molecule has 150 valence electrons. The molecule has 0 fully saturated rings. The van der Waals surface area contributed by atoms with Gasteiger partial charge in [0.1, 0.15) is 12.3 Å².